The third kappa shape index (κ3) is 4.41. The molecule has 2 amide bonds. The molecule has 2 heterocycles. The van der Waals surface area contributed by atoms with Gasteiger partial charge in [-0.15, -0.1) is 0 Å². The monoisotopic (exact) mass is 365 g/mol. The maximum Gasteiger partial charge on any atom is 0.318 e. The Balaban J connectivity index is 1.43. The third-order valence-corrected chi connectivity index (χ3v) is 5.53. The fourth-order valence-electron chi connectivity index (χ4n) is 4.05. The Kier molecular flexibility index (Phi) is 5.56. The van der Waals surface area contributed by atoms with E-state index in [9.17, 15) is 4.79 Å². The van der Waals surface area contributed by atoms with E-state index in [2.05, 4.69) is 16.4 Å². The summed E-state index contributed by atoms with van der Waals surface area (Å²) in [7, 11) is 0. The fraction of sp³-hybridized carbons (Fsp3) is 0.455. The predicted molar refractivity (Wildman–Crippen MR) is 105 cm³/mol. The minimum atomic E-state index is 0.00398. The second-order valence-corrected chi connectivity index (χ2v) is 7.44. The van der Waals surface area contributed by atoms with Gasteiger partial charge in [0.05, 0.1) is 18.8 Å². The van der Waals surface area contributed by atoms with Crippen molar-refractivity contribution in [3.05, 3.63) is 59.4 Å². The first-order valence-electron chi connectivity index (χ1n) is 9.98. The second kappa shape index (κ2) is 8.42. The van der Waals surface area contributed by atoms with Crippen molar-refractivity contribution in [2.24, 2.45) is 0 Å². The van der Waals surface area contributed by atoms with Gasteiger partial charge in [0.15, 0.2) is 0 Å². The van der Waals surface area contributed by atoms with Crippen molar-refractivity contribution in [2.75, 3.05) is 6.61 Å². The van der Waals surface area contributed by atoms with E-state index < -0.39 is 0 Å². The summed E-state index contributed by atoms with van der Waals surface area (Å²) in [4.78, 5) is 19.4. The maximum atomic E-state index is 13.0. The van der Waals surface area contributed by atoms with Crippen LogP contribution >= 0.6 is 0 Å². The lowest BCUT2D eigenvalue weighted by Gasteiger charge is -2.34. The van der Waals surface area contributed by atoms with Crippen molar-refractivity contribution in [1.29, 1.82) is 0 Å². The number of pyridine rings is 1. The number of fused-ring (bicyclic) bond motifs is 1. The zero-order valence-corrected chi connectivity index (χ0v) is 15.7. The van der Waals surface area contributed by atoms with Crippen molar-refractivity contribution >= 4 is 6.03 Å². The van der Waals surface area contributed by atoms with E-state index in [0.717, 1.165) is 42.9 Å². The molecule has 2 aliphatic rings. The molecule has 1 fully saturated rings. The number of benzene rings is 1. The Morgan fingerprint density at radius 2 is 2.07 bits per heavy atom. The van der Waals surface area contributed by atoms with Crippen LogP contribution in [0.2, 0.25) is 0 Å². The number of carbonyl (C=O) groups is 1. The van der Waals surface area contributed by atoms with E-state index in [0.29, 0.717) is 19.1 Å². The van der Waals surface area contributed by atoms with Crippen LogP contribution in [0.25, 0.3) is 0 Å². The van der Waals surface area contributed by atoms with Gasteiger partial charge in [-0.05, 0) is 42.2 Å². The molecule has 5 heteroatoms. The molecule has 0 spiro atoms. The van der Waals surface area contributed by atoms with Crippen LogP contribution in [0.4, 0.5) is 4.79 Å². The lowest BCUT2D eigenvalue weighted by Crippen LogP contribution is -2.46. The van der Waals surface area contributed by atoms with E-state index in [4.69, 9.17) is 4.74 Å². The van der Waals surface area contributed by atoms with Gasteiger partial charge >= 0.3 is 6.03 Å². The summed E-state index contributed by atoms with van der Waals surface area (Å²) in [6.45, 7) is 1.86. The van der Waals surface area contributed by atoms with Crippen molar-refractivity contribution < 1.29 is 9.53 Å². The van der Waals surface area contributed by atoms with Gasteiger partial charge in [-0.3, -0.25) is 4.98 Å². The molecule has 0 atom stereocenters. The van der Waals surface area contributed by atoms with Gasteiger partial charge in [-0.25, -0.2) is 4.79 Å². The van der Waals surface area contributed by atoms with Gasteiger partial charge in [0.25, 0.3) is 0 Å². The number of urea groups is 1. The van der Waals surface area contributed by atoms with Crippen LogP contribution in [-0.4, -0.2) is 28.6 Å². The lowest BCUT2D eigenvalue weighted by atomic mass is 9.94. The number of hydrogen-bond donors (Lipinski definition) is 1. The number of nitrogens with one attached hydrogen (secondary N) is 1. The average molecular weight is 365 g/mol. The number of carbonyl (C=O) groups excluding carboxylic acids is 1. The number of amides is 2. The molecule has 2 aromatic rings. The predicted octanol–water partition coefficient (Wildman–Crippen LogP) is 4.06. The minimum absolute atomic E-state index is 0.00398. The molecule has 1 aromatic carbocycles. The maximum absolute atomic E-state index is 13.0. The smallest absolute Gasteiger partial charge is 0.318 e. The molecule has 0 radical (unpaired) electrons. The highest BCUT2D eigenvalue weighted by Crippen LogP contribution is 2.26. The lowest BCUT2D eigenvalue weighted by molar-refractivity contribution is 0.149. The first kappa shape index (κ1) is 17.8. The molecule has 142 valence electrons. The van der Waals surface area contributed by atoms with Gasteiger partial charge in [-0.2, -0.15) is 0 Å². The molecule has 1 saturated carbocycles. The molecule has 1 N–H and O–H groups in total. The Labute approximate surface area is 160 Å². The fourth-order valence-corrected chi connectivity index (χ4v) is 4.05. The van der Waals surface area contributed by atoms with Crippen LogP contribution in [0.3, 0.4) is 0 Å². The summed E-state index contributed by atoms with van der Waals surface area (Å²) < 4.78 is 5.56. The Morgan fingerprint density at radius 3 is 2.89 bits per heavy atom. The highest BCUT2D eigenvalue weighted by molar-refractivity contribution is 5.74. The molecule has 5 nitrogen and oxygen atoms in total. The SMILES string of the molecule is O=C(NCc1ccc2c(c1)CCO2)N(Cc1ccccn1)C1CCCCC1. The molecule has 1 aromatic heterocycles. The van der Waals surface area contributed by atoms with Gasteiger partial charge in [0.2, 0.25) is 0 Å². The number of ether oxygens (including phenoxy) is 1. The van der Waals surface area contributed by atoms with Crippen LogP contribution in [0.1, 0.15) is 48.9 Å². The van der Waals surface area contributed by atoms with E-state index in [-0.39, 0.29) is 6.03 Å². The van der Waals surface area contributed by atoms with Crippen LogP contribution in [0, 0.1) is 0 Å². The summed E-state index contributed by atoms with van der Waals surface area (Å²) in [5.41, 5.74) is 3.29. The highest BCUT2D eigenvalue weighted by atomic mass is 16.5. The zero-order chi connectivity index (χ0) is 18.5. The zero-order valence-electron chi connectivity index (χ0n) is 15.7. The first-order valence-corrected chi connectivity index (χ1v) is 9.98. The van der Waals surface area contributed by atoms with Crippen molar-refractivity contribution in [1.82, 2.24) is 15.2 Å². The number of nitrogens with zero attached hydrogens (tertiary/aromatic N) is 2. The van der Waals surface area contributed by atoms with E-state index in [1.807, 2.05) is 35.2 Å². The average Bonchev–Trinajstić information content (AvgIpc) is 3.19. The van der Waals surface area contributed by atoms with Gasteiger partial charge < -0.3 is 15.0 Å². The van der Waals surface area contributed by atoms with E-state index in [1.165, 1.54) is 24.8 Å². The van der Waals surface area contributed by atoms with Crippen molar-refractivity contribution in [3.63, 3.8) is 0 Å². The number of hydrogen-bond acceptors (Lipinski definition) is 3. The van der Waals surface area contributed by atoms with Gasteiger partial charge in [0.1, 0.15) is 5.75 Å². The van der Waals surface area contributed by atoms with Crippen LogP contribution < -0.4 is 10.1 Å². The molecule has 1 aliphatic heterocycles. The molecular formula is C22H27N3O2. The largest absolute Gasteiger partial charge is 0.493 e. The Morgan fingerprint density at radius 1 is 1.19 bits per heavy atom. The third-order valence-electron chi connectivity index (χ3n) is 5.53. The van der Waals surface area contributed by atoms with Crippen LogP contribution in [0.5, 0.6) is 5.75 Å². The van der Waals surface area contributed by atoms with E-state index >= 15 is 0 Å². The normalized spacial score (nSPS) is 16.4. The van der Waals surface area contributed by atoms with Crippen LogP contribution in [-0.2, 0) is 19.5 Å². The summed E-state index contributed by atoms with van der Waals surface area (Å²) in [5, 5.41) is 3.13. The van der Waals surface area contributed by atoms with Crippen LogP contribution in [0.15, 0.2) is 42.6 Å². The Hall–Kier alpha value is -2.56. The molecule has 1 aliphatic carbocycles. The molecule has 27 heavy (non-hydrogen) atoms. The summed E-state index contributed by atoms with van der Waals surface area (Å²) in [6.07, 6.45) is 8.56. The quantitative estimate of drug-likeness (QED) is 0.869. The van der Waals surface area contributed by atoms with Gasteiger partial charge in [-0.1, -0.05) is 37.5 Å². The highest BCUT2D eigenvalue weighted by Gasteiger charge is 2.26. The summed E-state index contributed by atoms with van der Waals surface area (Å²) in [5.74, 6) is 0.976. The number of aromatic nitrogens is 1. The van der Waals surface area contributed by atoms with Crippen molar-refractivity contribution in [2.45, 2.75) is 57.7 Å². The molecule has 0 unspecified atom stereocenters. The summed E-state index contributed by atoms with van der Waals surface area (Å²) in [6, 6.07) is 12.4. The molecule has 0 bridgehead atoms. The van der Waals surface area contributed by atoms with Gasteiger partial charge in [0, 0.05) is 25.2 Å². The second-order valence-electron chi connectivity index (χ2n) is 7.44. The topological polar surface area (TPSA) is 54.5 Å². The van der Waals surface area contributed by atoms with E-state index in [1.54, 1.807) is 6.20 Å². The summed E-state index contributed by atoms with van der Waals surface area (Å²) >= 11 is 0. The first-order chi connectivity index (χ1) is 13.3. The van der Waals surface area contributed by atoms with Crippen molar-refractivity contribution in [3.8, 4) is 5.75 Å². The number of rotatable bonds is 5. The Bertz CT molecular complexity index is 772. The standard InChI is InChI=1S/C22H27N3O2/c26-22(24-15-17-9-10-21-18(14-17)11-13-27-21)25(20-7-2-1-3-8-20)16-19-6-4-5-12-23-19/h4-6,9-10,12,14,20H,1-3,7-8,11,13,15-16H2,(H,24,26). The molecule has 0 saturated heterocycles. The molecule has 4 rings (SSSR count). The molecular weight excluding hydrogens is 338 g/mol. The minimum Gasteiger partial charge on any atom is -0.493 e.